The van der Waals surface area contributed by atoms with Crippen molar-refractivity contribution in [2.24, 2.45) is 0 Å². The summed E-state index contributed by atoms with van der Waals surface area (Å²) in [7, 11) is 3.26. The van der Waals surface area contributed by atoms with E-state index in [9.17, 15) is 4.79 Å². The molecule has 0 radical (unpaired) electrons. The lowest BCUT2D eigenvalue weighted by Gasteiger charge is -2.37. The van der Waals surface area contributed by atoms with Crippen LogP contribution in [0.4, 0.5) is 0 Å². The molecule has 1 aliphatic rings. The molecule has 0 spiro atoms. The third kappa shape index (κ3) is 3.22. The van der Waals surface area contributed by atoms with Gasteiger partial charge in [0.2, 0.25) is 0 Å². The van der Waals surface area contributed by atoms with Gasteiger partial charge in [-0.05, 0) is 54.1 Å². The van der Waals surface area contributed by atoms with E-state index in [1.165, 1.54) is 5.56 Å². The molecule has 7 heteroatoms. The highest BCUT2D eigenvalue weighted by Gasteiger charge is 2.34. The maximum absolute atomic E-state index is 13.3. The number of carbonyl (C=O) groups excluding carboxylic acids is 1. The smallest absolute Gasteiger partial charge is 0.273 e. The van der Waals surface area contributed by atoms with E-state index in [2.05, 4.69) is 16.0 Å². The van der Waals surface area contributed by atoms with E-state index in [1.807, 2.05) is 28.5 Å². The largest absolute Gasteiger partial charge is 0.493 e. The topological polar surface area (TPSA) is 64.6 Å². The summed E-state index contributed by atoms with van der Waals surface area (Å²) in [5.74, 6) is 1.86. The van der Waals surface area contributed by atoms with E-state index in [0.717, 1.165) is 16.9 Å². The lowest BCUT2D eigenvalue weighted by Crippen LogP contribution is -2.40. The van der Waals surface area contributed by atoms with Gasteiger partial charge in [0.05, 0.1) is 20.3 Å². The van der Waals surface area contributed by atoms with Crippen molar-refractivity contribution in [3.05, 3.63) is 69.4 Å². The number of benzene rings is 1. The standard InChI is InChI=1S/C21H21N3O3S/c1-13-22-8-6-16(23-13)21(25)24-9-7-14-11-17(26-2)18(27-3)12-15(14)20(24)19-5-4-10-28-19/h4-6,8,10-12,20H,7,9H2,1-3H3/t20-/m0/s1. The number of carbonyl (C=O) groups is 1. The van der Waals surface area contributed by atoms with Crippen molar-refractivity contribution in [3.63, 3.8) is 0 Å². The van der Waals surface area contributed by atoms with Crippen LogP contribution in [0.25, 0.3) is 0 Å². The maximum atomic E-state index is 13.3. The minimum absolute atomic E-state index is 0.0932. The van der Waals surface area contributed by atoms with E-state index < -0.39 is 0 Å². The third-order valence-corrected chi connectivity index (χ3v) is 5.87. The first kappa shape index (κ1) is 18.4. The molecular formula is C21H21N3O3S. The zero-order chi connectivity index (χ0) is 19.7. The van der Waals surface area contributed by atoms with Gasteiger partial charge in [0.1, 0.15) is 11.5 Å². The van der Waals surface area contributed by atoms with Gasteiger partial charge in [-0.3, -0.25) is 4.79 Å². The summed E-state index contributed by atoms with van der Waals surface area (Å²) in [4.78, 5) is 24.8. The predicted octanol–water partition coefficient (Wildman–Crippen LogP) is 3.65. The SMILES string of the molecule is COc1cc2c(cc1OC)[C@@H](c1cccs1)N(C(=O)c1ccnc(C)n1)CC2. The Balaban J connectivity index is 1.82. The van der Waals surface area contributed by atoms with Crippen molar-refractivity contribution < 1.29 is 14.3 Å². The van der Waals surface area contributed by atoms with Gasteiger partial charge in [-0.15, -0.1) is 11.3 Å². The highest BCUT2D eigenvalue weighted by atomic mass is 32.1. The van der Waals surface area contributed by atoms with Crippen LogP contribution in [-0.4, -0.2) is 41.5 Å². The van der Waals surface area contributed by atoms with Crippen LogP contribution < -0.4 is 9.47 Å². The van der Waals surface area contributed by atoms with Crippen LogP contribution in [0, 0.1) is 6.92 Å². The highest BCUT2D eigenvalue weighted by molar-refractivity contribution is 7.10. The molecule has 144 valence electrons. The summed E-state index contributed by atoms with van der Waals surface area (Å²) < 4.78 is 11.0. The Labute approximate surface area is 167 Å². The summed E-state index contributed by atoms with van der Waals surface area (Å²) in [5.41, 5.74) is 2.64. The molecule has 2 aromatic heterocycles. The molecule has 1 amide bonds. The molecule has 1 aromatic carbocycles. The van der Waals surface area contributed by atoms with Gasteiger partial charge < -0.3 is 14.4 Å². The Hall–Kier alpha value is -2.93. The number of hydrogen-bond acceptors (Lipinski definition) is 6. The number of fused-ring (bicyclic) bond motifs is 1. The lowest BCUT2D eigenvalue weighted by molar-refractivity contribution is 0.0690. The Morgan fingerprint density at radius 3 is 2.68 bits per heavy atom. The van der Waals surface area contributed by atoms with Crippen molar-refractivity contribution in [3.8, 4) is 11.5 Å². The van der Waals surface area contributed by atoms with Gasteiger partial charge in [0.15, 0.2) is 11.5 Å². The third-order valence-electron chi connectivity index (χ3n) is 4.94. The number of aromatic nitrogens is 2. The molecular weight excluding hydrogens is 374 g/mol. The zero-order valence-corrected chi connectivity index (χ0v) is 16.8. The lowest BCUT2D eigenvalue weighted by atomic mass is 9.90. The Morgan fingerprint density at radius 1 is 1.21 bits per heavy atom. The van der Waals surface area contributed by atoms with Crippen LogP contribution in [0.5, 0.6) is 11.5 Å². The molecule has 3 aromatic rings. The van der Waals surface area contributed by atoms with Crippen molar-refractivity contribution >= 4 is 17.2 Å². The molecule has 0 aliphatic carbocycles. The zero-order valence-electron chi connectivity index (χ0n) is 16.0. The Morgan fingerprint density at radius 2 is 2.00 bits per heavy atom. The summed E-state index contributed by atoms with van der Waals surface area (Å²) in [6.45, 7) is 2.39. The number of thiophene rings is 1. The van der Waals surface area contributed by atoms with Gasteiger partial charge >= 0.3 is 0 Å². The summed E-state index contributed by atoms with van der Waals surface area (Å²) in [6.07, 6.45) is 2.37. The summed E-state index contributed by atoms with van der Waals surface area (Å²) >= 11 is 1.64. The van der Waals surface area contributed by atoms with Crippen LogP contribution in [0.3, 0.4) is 0 Å². The summed E-state index contributed by atoms with van der Waals surface area (Å²) in [5, 5.41) is 2.03. The average molecular weight is 395 g/mol. The minimum Gasteiger partial charge on any atom is -0.493 e. The van der Waals surface area contributed by atoms with Gasteiger partial charge in [-0.1, -0.05) is 6.07 Å². The average Bonchev–Trinajstić information content (AvgIpc) is 3.25. The fourth-order valence-corrected chi connectivity index (χ4v) is 4.50. The first-order chi connectivity index (χ1) is 13.6. The Kier molecular flexibility index (Phi) is 5.00. The van der Waals surface area contributed by atoms with Crippen LogP contribution in [0.1, 0.15) is 38.4 Å². The second-order valence-electron chi connectivity index (χ2n) is 6.56. The van der Waals surface area contributed by atoms with Crippen molar-refractivity contribution in [1.29, 1.82) is 0 Å². The van der Waals surface area contributed by atoms with E-state index in [1.54, 1.807) is 44.7 Å². The second kappa shape index (κ2) is 7.59. The molecule has 0 bridgehead atoms. The molecule has 3 heterocycles. The fourth-order valence-electron chi connectivity index (χ4n) is 3.64. The molecule has 4 rings (SSSR count). The highest BCUT2D eigenvalue weighted by Crippen LogP contribution is 2.42. The normalized spacial score (nSPS) is 15.8. The molecule has 6 nitrogen and oxygen atoms in total. The van der Waals surface area contributed by atoms with Crippen LogP contribution >= 0.6 is 11.3 Å². The monoisotopic (exact) mass is 395 g/mol. The number of rotatable bonds is 4. The molecule has 0 saturated carbocycles. The molecule has 0 fully saturated rings. The second-order valence-corrected chi connectivity index (χ2v) is 7.54. The minimum atomic E-state index is -0.189. The fraction of sp³-hybridized carbons (Fsp3) is 0.286. The van der Waals surface area contributed by atoms with Gasteiger partial charge in [0.25, 0.3) is 5.91 Å². The molecule has 1 aliphatic heterocycles. The van der Waals surface area contributed by atoms with Crippen molar-refractivity contribution in [2.45, 2.75) is 19.4 Å². The maximum Gasteiger partial charge on any atom is 0.273 e. The van der Waals surface area contributed by atoms with Gasteiger partial charge in [0, 0.05) is 17.6 Å². The van der Waals surface area contributed by atoms with E-state index in [-0.39, 0.29) is 11.9 Å². The molecule has 28 heavy (non-hydrogen) atoms. The molecule has 0 N–H and O–H groups in total. The van der Waals surface area contributed by atoms with Crippen LogP contribution in [0.15, 0.2) is 41.9 Å². The predicted molar refractivity (Wildman–Crippen MR) is 107 cm³/mol. The van der Waals surface area contributed by atoms with E-state index in [4.69, 9.17) is 9.47 Å². The number of ether oxygens (including phenoxy) is 2. The number of hydrogen-bond donors (Lipinski definition) is 0. The van der Waals surface area contributed by atoms with Crippen molar-refractivity contribution in [1.82, 2.24) is 14.9 Å². The van der Waals surface area contributed by atoms with E-state index in [0.29, 0.717) is 29.6 Å². The number of aryl methyl sites for hydroxylation is 1. The number of methoxy groups -OCH3 is 2. The van der Waals surface area contributed by atoms with E-state index >= 15 is 0 Å². The van der Waals surface area contributed by atoms with Gasteiger partial charge in [-0.25, -0.2) is 9.97 Å². The first-order valence-electron chi connectivity index (χ1n) is 9.01. The Bertz CT molecular complexity index is 1000. The number of nitrogens with zero attached hydrogens (tertiary/aromatic N) is 3. The van der Waals surface area contributed by atoms with Crippen LogP contribution in [0.2, 0.25) is 0 Å². The summed E-state index contributed by atoms with van der Waals surface area (Å²) in [6, 6.07) is 9.56. The van der Waals surface area contributed by atoms with Crippen LogP contribution in [-0.2, 0) is 6.42 Å². The molecule has 0 unspecified atom stereocenters. The molecule has 0 saturated heterocycles. The van der Waals surface area contributed by atoms with Gasteiger partial charge in [-0.2, -0.15) is 0 Å². The van der Waals surface area contributed by atoms with Crippen molar-refractivity contribution in [2.75, 3.05) is 20.8 Å². The first-order valence-corrected chi connectivity index (χ1v) is 9.89. The number of amides is 1. The quantitative estimate of drug-likeness (QED) is 0.675. The molecule has 1 atom stereocenters.